The van der Waals surface area contributed by atoms with Crippen LogP contribution in [0.4, 0.5) is 11.4 Å². The molecule has 0 aromatic heterocycles. The maximum atomic E-state index is 11.5. The van der Waals surface area contributed by atoms with Crippen molar-refractivity contribution in [3.05, 3.63) is 28.3 Å². The molecule has 1 aliphatic heterocycles. The van der Waals surface area contributed by atoms with E-state index < -0.39 is 14.8 Å². The van der Waals surface area contributed by atoms with Gasteiger partial charge in [0.2, 0.25) is 0 Å². The number of likely N-dealkylation sites (N-methyl/N-ethyl adjacent to an activating group) is 1. The molecule has 0 spiro atoms. The Morgan fingerprint density at radius 3 is 2.65 bits per heavy atom. The van der Waals surface area contributed by atoms with Crippen LogP contribution in [0.15, 0.2) is 23.1 Å². The van der Waals surface area contributed by atoms with Gasteiger partial charge in [-0.2, -0.15) is 0 Å². The Morgan fingerprint density at radius 2 is 2.15 bits per heavy atom. The molecule has 8 heteroatoms. The lowest BCUT2D eigenvalue weighted by molar-refractivity contribution is -0.384. The summed E-state index contributed by atoms with van der Waals surface area (Å²) in [7, 11) is -1.59. The van der Waals surface area contributed by atoms with Crippen LogP contribution in [0.25, 0.3) is 0 Å². The summed E-state index contributed by atoms with van der Waals surface area (Å²) in [6.45, 7) is 1.39. The molecule has 1 atom stereocenters. The molecule has 2 rings (SSSR count). The molecule has 1 fully saturated rings. The summed E-state index contributed by atoms with van der Waals surface area (Å²) in [4.78, 5) is 12.5. The monoisotopic (exact) mass is 299 g/mol. The van der Waals surface area contributed by atoms with Crippen LogP contribution in [0.2, 0.25) is 0 Å². The number of nitro groups is 1. The number of nitrogens with one attached hydrogen (secondary N) is 1. The van der Waals surface area contributed by atoms with Crippen molar-refractivity contribution >= 4 is 21.2 Å². The van der Waals surface area contributed by atoms with Crippen molar-refractivity contribution in [2.45, 2.75) is 17.4 Å². The summed E-state index contributed by atoms with van der Waals surface area (Å²) < 4.78 is 23.0. The molecule has 0 bridgehead atoms. The topological polar surface area (TPSA) is 92.6 Å². The zero-order chi connectivity index (χ0) is 14.9. The average molecular weight is 299 g/mol. The SMILES string of the molecule is CNC1CCN(c2ccc(S(C)(=O)=O)cc2[N+](=O)[O-])C1. The molecule has 0 radical (unpaired) electrons. The van der Waals surface area contributed by atoms with Crippen molar-refractivity contribution in [1.29, 1.82) is 0 Å². The molecule has 0 aliphatic carbocycles. The van der Waals surface area contributed by atoms with Crippen LogP contribution in [0.5, 0.6) is 0 Å². The van der Waals surface area contributed by atoms with Crippen molar-refractivity contribution < 1.29 is 13.3 Å². The standard InChI is InChI=1S/C12H17N3O4S/c1-13-9-5-6-14(8-9)11-4-3-10(20(2,18)19)7-12(11)15(16)17/h3-4,7,9,13H,5-6,8H2,1-2H3. The summed E-state index contributed by atoms with van der Waals surface area (Å²) in [5, 5.41) is 14.3. The summed E-state index contributed by atoms with van der Waals surface area (Å²) in [6.07, 6.45) is 1.94. The maximum Gasteiger partial charge on any atom is 0.293 e. The first-order valence-corrected chi connectivity index (χ1v) is 8.13. The van der Waals surface area contributed by atoms with E-state index in [-0.39, 0.29) is 10.6 Å². The average Bonchev–Trinajstić information content (AvgIpc) is 2.85. The van der Waals surface area contributed by atoms with Crippen molar-refractivity contribution in [2.75, 3.05) is 31.3 Å². The van der Waals surface area contributed by atoms with E-state index in [1.165, 1.54) is 12.1 Å². The minimum Gasteiger partial charge on any atom is -0.364 e. The number of nitrogens with zero attached hydrogens (tertiary/aromatic N) is 2. The van der Waals surface area contributed by atoms with Gasteiger partial charge in [-0.15, -0.1) is 0 Å². The first-order chi connectivity index (χ1) is 9.32. The highest BCUT2D eigenvalue weighted by molar-refractivity contribution is 7.90. The lowest BCUT2D eigenvalue weighted by Gasteiger charge is -2.18. The van der Waals surface area contributed by atoms with E-state index >= 15 is 0 Å². The molecule has 1 N–H and O–H groups in total. The molecule has 20 heavy (non-hydrogen) atoms. The zero-order valence-electron chi connectivity index (χ0n) is 11.4. The molecule has 1 unspecified atom stereocenters. The fraction of sp³-hybridized carbons (Fsp3) is 0.500. The van der Waals surface area contributed by atoms with Gasteiger partial charge in [0, 0.05) is 31.5 Å². The predicted octanol–water partition coefficient (Wildman–Crippen LogP) is 0.796. The Kier molecular flexibility index (Phi) is 3.96. The van der Waals surface area contributed by atoms with Crippen molar-refractivity contribution in [3.8, 4) is 0 Å². The number of nitro benzene ring substituents is 1. The highest BCUT2D eigenvalue weighted by Crippen LogP contribution is 2.32. The number of hydrogen-bond donors (Lipinski definition) is 1. The molecule has 0 amide bonds. The van der Waals surface area contributed by atoms with Crippen LogP contribution in [0, 0.1) is 10.1 Å². The molecule has 1 aromatic rings. The maximum absolute atomic E-state index is 11.5. The Bertz CT molecular complexity index is 630. The van der Waals surface area contributed by atoms with E-state index in [4.69, 9.17) is 0 Å². The lowest BCUT2D eigenvalue weighted by Crippen LogP contribution is -2.29. The van der Waals surface area contributed by atoms with Gasteiger partial charge < -0.3 is 10.2 Å². The van der Waals surface area contributed by atoms with Gasteiger partial charge in [-0.3, -0.25) is 10.1 Å². The van der Waals surface area contributed by atoms with Gasteiger partial charge >= 0.3 is 0 Å². The molecule has 1 aromatic carbocycles. The minimum absolute atomic E-state index is 0.0303. The third-order valence-corrected chi connectivity index (χ3v) is 4.62. The normalized spacial score (nSPS) is 19.3. The Balaban J connectivity index is 2.42. The second kappa shape index (κ2) is 5.37. The lowest BCUT2D eigenvalue weighted by atomic mass is 10.2. The third-order valence-electron chi connectivity index (χ3n) is 3.51. The van der Waals surface area contributed by atoms with Crippen LogP contribution < -0.4 is 10.2 Å². The highest BCUT2D eigenvalue weighted by atomic mass is 32.2. The van der Waals surface area contributed by atoms with Gasteiger partial charge in [0.25, 0.3) is 5.69 Å². The fourth-order valence-electron chi connectivity index (χ4n) is 2.36. The molecule has 110 valence electrons. The van der Waals surface area contributed by atoms with E-state index in [0.717, 1.165) is 18.7 Å². The second-order valence-electron chi connectivity index (χ2n) is 4.90. The summed E-state index contributed by atoms with van der Waals surface area (Å²) in [5.41, 5.74) is 0.310. The molecule has 1 heterocycles. The van der Waals surface area contributed by atoms with E-state index in [2.05, 4.69) is 5.32 Å². The number of rotatable bonds is 4. The quantitative estimate of drug-likeness (QED) is 0.653. The largest absolute Gasteiger partial charge is 0.364 e. The Labute approximate surface area is 117 Å². The van der Waals surface area contributed by atoms with Crippen LogP contribution in [-0.2, 0) is 9.84 Å². The Hall–Kier alpha value is -1.67. The van der Waals surface area contributed by atoms with E-state index in [9.17, 15) is 18.5 Å². The first kappa shape index (κ1) is 14.7. The summed E-state index contributed by atoms with van der Waals surface area (Å²) in [5.74, 6) is 0. The van der Waals surface area contributed by atoms with E-state index in [0.29, 0.717) is 24.8 Å². The van der Waals surface area contributed by atoms with Crippen LogP contribution in [-0.4, -0.2) is 45.8 Å². The molecule has 1 saturated heterocycles. The number of sulfone groups is 1. The molecule has 1 aliphatic rings. The zero-order valence-corrected chi connectivity index (χ0v) is 12.2. The van der Waals surface area contributed by atoms with Crippen LogP contribution in [0.3, 0.4) is 0 Å². The fourth-order valence-corrected chi connectivity index (χ4v) is 3.00. The van der Waals surface area contributed by atoms with Crippen molar-refractivity contribution in [2.24, 2.45) is 0 Å². The first-order valence-electron chi connectivity index (χ1n) is 6.23. The highest BCUT2D eigenvalue weighted by Gasteiger charge is 2.27. The summed E-state index contributed by atoms with van der Waals surface area (Å²) >= 11 is 0. The van der Waals surface area contributed by atoms with Crippen molar-refractivity contribution in [3.63, 3.8) is 0 Å². The van der Waals surface area contributed by atoms with Gasteiger partial charge in [-0.05, 0) is 25.6 Å². The molecule has 0 saturated carbocycles. The smallest absolute Gasteiger partial charge is 0.293 e. The minimum atomic E-state index is -3.45. The van der Waals surface area contributed by atoms with Crippen molar-refractivity contribution in [1.82, 2.24) is 5.32 Å². The number of hydrogen-bond acceptors (Lipinski definition) is 6. The predicted molar refractivity (Wildman–Crippen MR) is 75.9 cm³/mol. The molecule has 7 nitrogen and oxygen atoms in total. The number of benzene rings is 1. The van der Waals surface area contributed by atoms with E-state index in [1.54, 1.807) is 0 Å². The van der Waals surface area contributed by atoms with E-state index in [1.807, 2.05) is 11.9 Å². The Morgan fingerprint density at radius 1 is 1.45 bits per heavy atom. The van der Waals surface area contributed by atoms with Crippen LogP contribution >= 0.6 is 0 Å². The van der Waals surface area contributed by atoms with Crippen LogP contribution in [0.1, 0.15) is 6.42 Å². The van der Waals surface area contributed by atoms with Gasteiger partial charge in [-0.1, -0.05) is 0 Å². The number of anilines is 1. The second-order valence-corrected chi connectivity index (χ2v) is 6.92. The third kappa shape index (κ3) is 2.91. The molecular formula is C12H17N3O4S. The van der Waals surface area contributed by atoms with Gasteiger partial charge in [-0.25, -0.2) is 8.42 Å². The molecular weight excluding hydrogens is 282 g/mol. The van der Waals surface area contributed by atoms with Gasteiger partial charge in [0.05, 0.1) is 9.82 Å². The van der Waals surface area contributed by atoms with Gasteiger partial charge in [0.1, 0.15) is 5.69 Å². The van der Waals surface area contributed by atoms with Gasteiger partial charge in [0.15, 0.2) is 9.84 Å². The summed E-state index contributed by atoms with van der Waals surface area (Å²) in [6, 6.07) is 4.37.